The van der Waals surface area contributed by atoms with E-state index < -0.39 is 11.9 Å². The Morgan fingerprint density at radius 2 is 1.65 bits per heavy atom. The fourth-order valence-corrected chi connectivity index (χ4v) is 1.50. The lowest BCUT2D eigenvalue weighted by molar-refractivity contribution is -0.152. The lowest BCUT2D eigenvalue weighted by atomic mass is 9.96. The Labute approximate surface area is 123 Å². The molecule has 0 aliphatic rings. The van der Waals surface area contributed by atoms with E-state index in [1.165, 1.54) is 0 Å². The summed E-state index contributed by atoms with van der Waals surface area (Å²) >= 11 is 0. The molecule has 1 atom stereocenters. The SMILES string of the molecule is CCCCCOC(=O)C(C)[C](C)C(=O)OCCC(C)C. The molecular weight excluding hydrogens is 256 g/mol. The van der Waals surface area contributed by atoms with Crippen LogP contribution >= 0.6 is 0 Å². The number of esters is 2. The van der Waals surface area contributed by atoms with Crippen molar-refractivity contribution in [1.82, 2.24) is 0 Å². The van der Waals surface area contributed by atoms with Crippen molar-refractivity contribution in [2.45, 2.75) is 60.3 Å². The van der Waals surface area contributed by atoms with Gasteiger partial charge in [0.05, 0.1) is 25.0 Å². The normalized spacial score (nSPS) is 12.6. The van der Waals surface area contributed by atoms with E-state index in [0.717, 1.165) is 25.7 Å². The van der Waals surface area contributed by atoms with E-state index in [0.29, 0.717) is 25.0 Å². The summed E-state index contributed by atoms with van der Waals surface area (Å²) in [4.78, 5) is 23.6. The Morgan fingerprint density at radius 1 is 1.00 bits per heavy atom. The van der Waals surface area contributed by atoms with Gasteiger partial charge in [0.25, 0.3) is 0 Å². The molecule has 0 bridgehead atoms. The lowest BCUT2D eigenvalue weighted by Crippen LogP contribution is -2.27. The summed E-state index contributed by atoms with van der Waals surface area (Å²) in [6.45, 7) is 10.4. The van der Waals surface area contributed by atoms with Crippen LogP contribution in [0.1, 0.15) is 60.3 Å². The quantitative estimate of drug-likeness (QED) is 0.455. The van der Waals surface area contributed by atoms with Crippen LogP contribution in [-0.4, -0.2) is 25.2 Å². The molecule has 0 N–H and O–H groups in total. The van der Waals surface area contributed by atoms with Gasteiger partial charge in [-0.25, -0.2) is 0 Å². The maximum atomic E-state index is 11.8. The maximum Gasteiger partial charge on any atom is 0.313 e. The van der Waals surface area contributed by atoms with Gasteiger partial charge < -0.3 is 9.47 Å². The standard InChI is InChI=1S/C16H29O4/c1-6-7-8-10-19-15(17)13(4)14(5)16(18)20-11-9-12(2)3/h12-13H,6-11H2,1-5H3. The Balaban J connectivity index is 4.01. The number of unbranched alkanes of at least 4 members (excludes halogenated alkanes) is 2. The summed E-state index contributed by atoms with van der Waals surface area (Å²) in [5, 5.41) is 0. The second-order valence-electron chi connectivity index (χ2n) is 5.60. The molecule has 0 aliphatic carbocycles. The van der Waals surface area contributed by atoms with Crippen molar-refractivity contribution in [2.75, 3.05) is 13.2 Å². The molecule has 1 radical (unpaired) electrons. The van der Waals surface area contributed by atoms with Crippen molar-refractivity contribution in [2.24, 2.45) is 11.8 Å². The van der Waals surface area contributed by atoms with Crippen LogP contribution in [0.4, 0.5) is 0 Å². The average molecular weight is 285 g/mol. The molecule has 0 fully saturated rings. The molecule has 0 aromatic heterocycles. The smallest absolute Gasteiger partial charge is 0.313 e. The molecule has 1 unspecified atom stereocenters. The molecule has 4 nitrogen and oxygen atoms in total. The number of carbonyl (C=O) groups is 2. The van der Waals surface area contributed by atoms with Gasteiger partial charge in [-0.05, 0) is 25.7 Å². The van der Waals surface area contributed by atoms with Gasteiger partial charge >= 0.3 is 11.9 Å². The molecule has 20 heavy (non-hydrogen) atoms. The molecule has 0 aromatic rings. The predicted octanol–water partition coefficient (Wildman–Crippen LogP) is 3.54. The molecule has 0 heterocycles. The minimum Gasteiger partial charge on any atom is -0.465 e. The highest BCUT2D eigenvalue weighted by Gasteiger charge is 2.29. The Morgan fingerprint density at radius 3 is 2.20 bits per heavy atom. The lowest BCUT2D eigenvalue weighted by Gasteiger charge is -2.17. The third-order valence-electron chi connectivity index (χ3n) is 3.25. The van der Waals surface area contributed by atoms with Crippen molar-refractivity contribution in [1.29, 1.82) is 0 Å². The molecule has 0 spiro atoms. The number of carbonyl (C=O) groups excluding carboxylic acids is 2. The van der Waals surface area contributed by atoms with Crippen molar-refractivity contribution >= 4 is 11.9 Å². The first-order valence-electron chi connectivity index (χ1n) is 7.57. The van der Waals surface area contributed by atoms with Gasteiger partial charge in [0.2, 0.25) is 0 Å². The zero-order valence-electron chi connectivity index (χ0n) is 13.5. The summed E-state index contributed by atoms with van der Waals surface area (Å²) in [5.74, 6) is -0.385. The minimum absolute atomic E-state index is 0.348. The van der Waals surface area contributed by atoms with Crippen molar-refractivity contribution in [3.63, 3.8) is 0 Å². The third-order valence-corrected chi connectivity index (χ3v) is 3.25. The van der Waals surface area contributed by atoms with E-state index in [2.05, 4.69) is 20.8 Å². The van der Waals surface area contributed by atoms with Crippen molar-refractivity contribution in [3.8, 4) is 0 Å². The van der Waals surface area contributed by atoms with Crippen molar-refractivity contribution < 1.29 is 19.1 Å². The molecule has 0 saturated carbocycles. The van der Waals surface area contributed by atoms with Crippen LogP contribution in [-0.2, 0) is 19.1 Å². The topological polar surface area (TPSA) is 52.6 Å². The molecule has 117 valence electrons. The summed E-state index contributed by atoms with van der Waals surface area (Å²) in [6, 6.07) is 0. The van der Waals surface area contributed by atoms with Crippen LogP contribution in [0.5, 0.6) is 0 Å². The predicted molar refractivity (Wildman–Crippen MR) is 79.0 cm³/mol. The van der Waals surface area contributed by atoms with E-state index >= 15 is 0 Å². The summed E-state index contributed by atoms with van der Waals surface area (Å²) < 4.78 is 10.3. The number of hydrogen-bond acceptors (Lipinski definition) is 4. The Kier molecular flexibility index (Phi) is 10.1. The second-order valence-corrected chi connectivity index (χ2v) is 5.60. The van der Waals surface area contributed by atoms with E-state index in [4.69, 9.17) is 9.47 Å². The number of hydrogen-bond donors (Lipinski definition) is 0. The van der Waals surface area contributed by atoms with Crippen LogP contribution in [0.3, 0.4) is 0 Å². The van der Waals surface area contributed by atoms with Gasteiger partial charge in [0.15, 0.2) is 0 Å². The summed E-state index contributed by atoms with van der Waals surface area (Å²) in [5.41, 5.74) is 0. The molecule has 0 aromatic carbocycles. The van der Waals surface area contributed by atoms with Gasteiger partial charge in [-0.3, -0.25) is 9.59 Å². The van der Waals surface area contributed by atoms with Gasteiger partial charge in [-0.2, -0.15) is 0 Å². The molecule has 0 amide bonds. The zero-order chi connectivity index (χ0) is 15.5. The van der Waals surface area contributed by atoms with Gasteiger partial charge in [0.1, 0.15) is 0 Å². The first-order valence-corrected chi connectivity index (χ1v) is 7.57. The van der Waals surface area contributed by atoms with Crippen LogP contribution in [0.15, 0.2) is 0 Å². The molecule has 0 aliphatic heterocycles. The van der Waals surface area contributed by atoms with Crippen LogP contribution in [0.2, 0.25) is 0 Å². The first-order chi connectivity index (χ1) is 9.40. The van der Waals surface area contributed by atoms with Crippen LogP contribution < -0.4 is 0 Å². The first kappa shape index (κ1) is 18.9. The van der Waals surface area contributed by atoms with E-state index in [1.807, 2.05) is 0 Å². The van der Waals surface area contributed by atoms with Crippen LogP contribution in [0.25, 0.3) is 0 Å². The summed E-state index contributed by atoms with van der Waals surface area (Å²) in [7, 11) is 0. The Hall–Kier alpha value is -1.06. The monoisotopic (exact) mass is 285 g/mol. The largest absolute Gasteiger partial charge is 0.465 e. The third kappa shape index (κ3) is 8.18. The fourth-order valence-electron chi connectivity index (χ4n) is 1.50. The summed E-state index contributed by atoms with van der Waals surface area (Å²) in [6.07, 6.45) is 3.82. The second kappa shape index (κ2) is 10.7. The molecule has 0 rings (SSSR count). The molecular formula is C16H29O4. The maximum absolute atomic E-state index is 11.8. The number of ether oxygens (including phenoxy) is 2. The fraction of sp³-hybridized carbons (Fsp3) is 0.812. The zero-order valence-corrected chi connectivity index (χ0v) is 13.5. The van der Waals surface area contributed by atoms with Crippen molar-refractivity contribution in [3.05, 3.63) is 5.92 Å². The highest BCUT2D eigenvalue weighted by atomic mass is 16.5. The van der Waals surface area contributed by atoms with Gasteiger partial charge in [0, 0.05) is 0 Å². The van der Waals surface area contributed by atoms with Crippen LogP contribution in [0, 0.1) is 17.8 Å². The van der Waals surface area contributed by atoms with E-state index in [9.17, 15) is 9.59 Å². The van der Waals surface area contributed by atoms with E-state index in [1.54, 1.807) is 13.8 Å². The molecule has 4 heteroatoms. The Bertz CT molecular complexity index is 286. The average Bonchev–Trinajstić information content (AvgIpc) is 2.41. The highest BCUT2D eigenvalue weighted by Crippen LogP contribution is 2.17. The van der Waals surface area contributed by atoms with Gasteiger partial charge in [-0.15, -0.1) is 0 Å². The highest BCUT2D eigenvalue weighted by molar-refractivity contribution is 5.91. The minimum atomic E-state index is -0.539. The van der Waals surface area contributed by atoms with Gasteiger partial charge in [-0.1, -0.05) is 40.5 Å². The van der Waals surface area contributed by atoms with E-state index in [-0.39, 0.29) is 5.97 Å². The molecule has 0 saturated heterocycles. The number of rotatable bonds is 10.